The molecule has 0 spiro atoms. The topological polar surface area (TPSA) is 36.0 Å². The zero-order chi connectivity index (χ0) is 23.4. The Balaban J connectivity index is 1.82. The van der Waals surface area contributed by atoms with E-state index in [0.29, 0.717) is 6.04 Å². The van der Waals surface area contributed by atoms with Crippen molar-refractivity contribution in [3.63, 3.8) is 0 Å². The van der Waals surface area contributed by atoms with Gasteiger partial charge in [0.05, 0.1) is 18.8 Å². The molecule has 32 heavy (non-hydrogen) atoms. The summed E-state index contributed by atoms with van der Waals surface area (Å²) in [5.41, 5.74) is 5.54. The quantitative estimate of drug-likeness (QED) is 0.597. The molecule has 0 aromatic heterocycles. The summed E-state index contributed by atoms with van der Waals surface area (Å²) < 4.78 is 5.37. The van der Waals surface area contributed by atoms with Crippen molar-refractivity contribution >= 4 is 11.5 Å². The van der Waals surface area contributed by atoms with Crippen molar-refractivity contribution in [1.82, 2.24) is 14.7 Å². The van der Waals surface area contributed by atoms with Crippen LogP contribution in [0.25, 0.3) is 5.57 Å². The van der Waals surface area contributed by atoms with Gasteiger partial charge in [0.1, 0.15) is 5.75 Å². The number of rotatable bonds is 6. The number of amides is 1. The molecular formula is C27H39N3O2. The molecule has 174 valence electrons. The fourth-order valence-corrected chi connectivity index (χ4v) is 4.71. The van der Waals surface area contributed by atoms with Gasteiger partial charge in [-0.2, -0.15) is 0 Å². The summed E-state index contributed by atoms with van der Waals surface area (Å²) in [6.07, 6.45) is 9.37. The van der Waals surface area contributed by atoms with Crippen LogP contribution in [0.3, 0.4) is 0 Å². The largest absolute Gasteiger partial charge is 0.496 e. The van der Waals surface area contributed by atoms with E-state index in [2.05, 4.69) is 56.1 Å². The number of allylic oxidation sites excluding steroid dienone is 2. The molecule has 5 heteroatoms. The Morgan fingerprint density at radius 3 is 2.50 bits per heavy atom. The van der Waals surface area contributed by atoms with Crippen LogP contribution in [0.2, 0.25) is 0 Å². The van der Waals surface area contributed by atoms with Gasteiger partial charge in [0.25, 0.3) is 5.91 Å². The molecule has 1 saturated heterocycles. The highest BCUT2D eigenvalue weighted by atomic mass is 16.5. The van der Waals surface area contributed by atoms with Crippen LogP contribution >= 0.6 is 0 Å². The molecule has 0 N–H and O–H groups in total. The van der Waals surface area contributed by atoms with Crippen LogP contribution in [0.1, 0.15) is 51.2 Å². The fraction of sp³-hybridized carbons (Fsp3) is 0.519. The molecule has 5 nitrogen and oxygen atoms in total. The number of carbonyl (C=O) groups is 1. The lowest BCUT2D eigenvalue weighted by molar-refractivity contribution is -0.124. The molecule has 0 saturated carbocycles. The maximum absolute atomic E-state index is 13.4. The summed E-state index contributed by atoms with van der Waals surface area (Å²) >= 11 is 0. The Kier molecular flexibility index (Phi) is 7.83. The first-order chi connectivity index (χ1) is 15.2. The van der Waals surface area contributed by atoms with E-state index in [1.807, 2.05) is 30.9 Å². The van der Waals surface area contributed by atoms with Crippen molar-refractivity contribution in [2.75, 3.05) is 34.3 Å². The van der Waals surface area contributed by atoms with Crippen LogP contribution in [0, 0.1) is 6.92 Å². The maximum Gasteiger partial charge on any atom is 0.251 e. The number of hydrogen-bond donors (Lipinski definition) is 0. The Labute approximate surface area is 194 Å². The molecule has 0 radical (unpaired) electrons. The van der Waals surface area contributed by atoms with Gasteiger partial charge in [-0.15, -0.1) is 0 Å². The first-order valence-corrected chi connectivity index (χ1v) is 11.7. The second-order valence-corrected chi connectivity index (χ2v) is 9.24. The predicted octanol–water partition coefficient (Wildman–Crippen LogP) is 4.84. The standard InChI is InChI=1S/C27H39N3O2/c1-8-22-17-25(29-13-11-24(12-14-29)28(5)6)18-30(21(22)4)27(31)16-19(2)23-9-10-26(32-7)20(3)15-23/h9-10,15-18,21,24H,8,11-14H2,1-7H3/b19-16+. The van der Waals surface area contributed by atoms with Crippen LogP contribution in [0.5, 0.6) is 5.75 Å². The molecule has 0 aliphatic carbocycles. The van der Waals surface area contributed by atoms with Gasteiger partial charge in [-0.25, -0.2) is 0 Å². The van der Waals surface area contributed by atoms with E-state index in [1.54, 1.807) is 13.2 Å². The third kappa shape index (κ3) is 5.26. The van der Waals surface area contributed by atoms with Crippen LogP contribution in [0.15, 0.2) is 47.8 Å². The number of carbonyl (C=O) groups excluding carboxylic acids is 1. The Hall–Kier alpha value is -2.53. The molecule has 2 aliphatic rings. The van der Waals surface area contributed by atoms with Gasteiger partial charge in [0, 0.05) is 31.4 Å². The number of ether oxygens (including phenoxy) is 1. The summed E-state index contributed by atoms with van der Waals surface area (Å²) in [5.74, 6) is 0.893. The number of methoxy groups -OCH3 is 1. The summed E-state index contributed by atoms with van der Waals surface area (Å²) in [5, 5.41) is 0. The molecule has 3 rings (SSSR count). The molecule has 0 bridgehead atoms. The number of nitrogens with zero attached hydrogens (tertiary/aromatic N) is 3. The van der Waals surface area contributed by atoms with Gasteiger partial charge in [-0.05, 0) is 94.6 Å². The minimum Gasteiger partial charge on any atom is -0.496 e. The summed E-state index contributed by atoms with van der Waals surface area (Å²) in [7, 11) is 6.00. The first kappa shape index (κ1) is 24.1. The molecule has 1 aromatic carbocycles. The molecule has 1 aromatic rings. The highest BCUT2D eigenvalue weighted by molar-refractivity contribution is 5.96. The SMILES string of the molecule is CCC1=CC(N2CCC(N(C)C)CC2)=CN(C(=O)/C=C(\C)c2ccc(OC)c(C)c2)C1C. The van der Waals surface area contributed by atoms with Gasteiger partial charge in [-0.1, -0.05) is 13.0 Å². The van der Waals surface area contributed by atoms with Crippen LogP contribution in [-0.4, -0.2) is 67.0 Å². The van der Waals surface area contributed by atoms with Crippen LogP contribution < -0.4 is 4.74 Å². The van der Waals surface area contributed by atoms with Crippen molar-refractivity contribution in [1.29, 1.82) is 0 Å². The zero-order valence-electron chi connectivity index (χ0n) is 20.8. The summed E-state index contributed by atoms with van der Waals surface area (Å²) in [6, 6.07) is 6.75. The highest BCUT2D eigenvalue weighted by Crippen LogP contribution is 2.29. The van der Waals surface area contributed by atoms with Gasteiger partial charge < -0.3 is 19.4 Å². The maximum atomic E-state index is 13.4. The highest BCUT2D eigenvalue weighted by Gasteiger charge is 2.28. The lowest BCUT2D eigenvalue weighted by Crippen LogP contribution is -2.44. The van der Waals surface area contributed by atoms with Crippen LogP contribution in [0.4, 0.5) is 0 Å². The number of piperidine rings is 1. The molecule has 1 atom stereocenters. The molecule has 1 amide bonds. The number of hydrogen-bond acceptors (Lipinski definition) is 4. The molecular weight excluding hydrogens is 398 g/mol. The minimum atomic E-state index is 0.0307. The van der Waals surface area contributed by atoms with E-state index < -0.39 is 0 Å². The van der Waals surface area contributed by atoms with E-state index >= 15 is 0 Å². The van der Waals surface area contributed by atoms with E-state index in [-0.39, 0.29) is 11.9 Å². The number of likely N-dealkylation sites (tertiary alicyclic amines) is 1. The van der Waals surface area contributed by atoms with Crippen molar-refractivity contribution in [3.8, 4) is 5.75 Å². The van der Waals surface area contributed by atoms with Crippen LogP contribution in [-0.2, 0) is 4.79 Å². The molecule has 2 heterocycles. The second-order valence-electron chi connectivity index (χ2n) is 9.24. The van der Waals surface area contributed by atoms with Crippen molar-refractivity contribution in [2.45, 2.75) is 59.0 Å². The zero-order valence-corrected chi connectivity index (χ0v) is 20.8. The van der Waals surface area contributed by atoms with Crippen molar-refractivity contribution in [2.24, 2.45) is 0 Å². The lowest BCUT2D eigenvalue weighted by Gasteiger charge is -2.40. The molecule has 1 fully saturated rings. The average molecular weight is 438 g/mol. The third-order valence-electron chi connectivity index (χ3n) is 6.97. The minimum absolute atomic E-state index is 0.0307. The lowest BCUT2D eigenvalue weighted by atomic mass is 9.97. The van der Waals surface area contributed by atoms with E-state index in [1.165, 1.54) is 5.57 Å². The third-order valence-corrected chi connectivity index (χ3v) is 6.97. The van der Waals surface area contributed by atoms with E-state index in [9.17, 15) is 4.79 Å². The molecule has 1 unspecified atom stereocenters. The van der Waals surface area contributed by atoms with Gasteiger partial charge in [0.2, 0.25) is 0 Å². The van der Waals surface area contributed by atoms with Crippen molar-refractivity contribution < 1.29 is 9.53 Å². The number of aryl methyl sites for hydroxylation is 1. The second kappa shape index (κ2) is 10.4. The fourth-order valence-electron chi connectivity index (χ4n) is 4.71. The summed E-state index contributed by atoms with van der Waals surface area (Å²) in [6.45, 7) is 10.4. The Bertz CT molecular complexity index is 921. The van der Waals surface area contributed by atoms with Gasteiger partial charge >= 0.3 is 0 Å². The number of benzene rings is 1. The van der Waals surface area contributed by atoms with E-state index in [0.717, 1.165) is 60.5 Å². The Morgan fingerprint density at radius 2 is 1.94 bits per heavy atom. The summed E-state index contributed by atoms with van der Waals surface area (Å²) in [4.78, 5) is 20.0. The van der Waals surface area contributed by atoms with Gasteiger partial charge in [-0.3, -0.25) is 4.79 Å². The van der Waals surface area contributed by atoms with E-state index in [4.69, 9.17) is 4.74 Å². The molecule has 2 aliphatic heterocycles. The monoisotopic (exact) mass is 437 g/mol. The Morgan fingerprint density at radius 1 is 1.25 bits per heavy atom. The van der Waals surface area contributed by atoms with Gasteiger partial charge in [0.15, 0.2) is 0 Å². The predicted molar refractivity (Wildman–Crippen MR) is 132 cm³/mol. The van der Waals surface area contributed by atoms with Crippen molar-refractivity contribution in [3.05, 3.63) is 58.9 Å². The smallest absolute Gasteiger partial charge is 0.251 e. The normalized spacial score (nSPS) is 20.4. The average Bonchev–Trinajstić information content (AvgIpc) is 2.79. The first-order valence-electron chi connectivity index (χ1n) is 11.7.